The molecule has 1 aromatic carbocycles. The van der Waals surface area contributed by atoms with Crippen LogP contribution in [0.3, 0.4) is 0 Å². The molecule has 0 spiro atoms. The van der Waals surface area contributed by atoms with Crippen LogP contribution < -0.4 is 9.96 Å². The van der Waals surface area contributed by atoms with E-state index in [0.29, 0.717) is 11.3 Å². The Labute approximate surface area is 80.9 Å². The fourth-order valence-corrected chi connectivity index (χ4v) is 1.01. The lowest BCUT2D eigenvalue weighted by atomic mass is 10.1. The highest BCUT2D eigenvalue weighted by Crippen LogP contribution is 2.16. The summed E-state index contributed by atoms with van der Waals surface area (Å²) in [6.07, 6.45) is 0.970. The van der Waals surface area contributed by atoms with Crippen LogP contribution in [0.2, 0.25) is 0 Å². The summed E-state index contributed by atoms with van der Waals surface area (Å²) in [5.41, 5.74) is 8.55. The lowest BCUT2D eigenvalue weighted by Gasteiger charge is -2.03. The topological polar surface area (TPSA) is 74.9 Å². The van der Waals surface area contributed by atoms with Crippen LogP contribution >= 0.6 is 0 Å². The molecule has 0 unspecified atom stereocenters. The summed E-state index contributed by atoms with van der Waals surface area (Å²) in [4.78, 5) is 11.4. The van der Waals surface area contributed by atoms with Gasteiger partial charge in [0.2, 0.25) is 0 Å². The predicted molar refractivity (Wildman–Crippen MR) is 50.1 cm³/mol. The largest absolute Gasteiger partial charge is 0.496 e. The molecule has 0 aliphatic rings. The quantitative estimate of drug-likeness (QED) is 0.314. The Morgan fingerprint density at radius 2 is 2.29 bits per heavy atom. The zero-order valence-corrected chi connectivity index (χ0v) is 7.60. The van der Waals surface area contributed by atoms with Gasteiger partial charge in [-0.15, -0.1) is 0 Å². The van der Waals surface area contributed by atoms with E-state index in [1.807, 2.05) is 0 Å². The lowest BCUT2D eigenvalue weighted by Crippen LogP contribution is -2.54. The first-order chi connectivity index (χ1) is 6.79. The molecule has 0 bridgehead atoms. The van der Waals surface area contributed by atoms with E-state index in [1.165, 1.54) is 12.3 Å². The van der Waals surface area contributed by atoms with Gasteiger partial charge in [0.25, 0.3) is 0 Å². The highest BCUT2D eigenvalue weighted by atomic mass is 16.5. The first-order valence-electron chi connectivity index (χ1n) is 3.89. The first kappa shape index (κ1) is 10.0. The second-order valence-corrected chi connectivity index (χ2v) is 2.42. The number of para-hydroxylation sites is 1. The summed E-state index contributed by atoms with van der Waals surface area (Å²) < 4.78 is 4.98. The molecule has 0 heterocycles. The van der Waals surface area contributed by atoms with Gasteiger partial charge in [-0.1, -0.05) is 12.1 Å². The van der Waals surface area contributed by atoms with Crippen molar-refractivity contribution in [2.24, 2.45) is 5.10 Å². The van der Waals surface area contributed by atoms with Crippen molar-refractivity contribution in [1.82, 2.24) is 0 Å². The molecule has 1 aromatic rings. The van der Waals surface area contributed by atoms with E-state index in [9.17, 15) is 4.79 Å². The highest BCUT2D eigenvalue weighted by Gasteiger charge is 2.07. The molecule has 5 nitrogen and oxygen atoms in total. The number of hydrogen-bond acceptors (Lipinski definition) is 2. The van der Waals surface area contributed by atoms with E-state index < -0.39 is 0 Å². The molecule has 0 aromatic heterocycles. The molecule has 1 N–H and O–H groups in total. The van der Waals surface area contributed by atoms with Gasteiger partial charge < -0.3 is 4.74 Å². The standard InChI is InChI=1S/C9H9N3O2/c1-14-9-5-3-2-4-7(9)8(13)6-11-12-10/h2-6,12H,1H3. The molecule has 5 heteroatoms. The number of Topliss-reactive ketones (excluding diaryl/α,β-unsaturated/α-hetero) is 1. The summed E-state index contributed by atoms with van der Waals surface area (Å²) in [5.74, 6) is 0.130. The SMILES string of the molecule is COc1ccccc1C(=O)C=N[NH+]=[N-]. The maximum Gasteiger partial charge on any atom is 0.190 e. The second-order valence-electron chi connectivity index (χ2n) is 2.42. The molecule has 0 radical (unpaired) electrons. The second kappa shape index (κ2) is 4.86. The van der Waals surface area contributed by atoms with Gasteiger partial charge in [-0.25, -0.2) is 0 Å². The van der Waals surface area contributed by atoms with Crippen molar-refractivity contribution in [2.45, 2.75) is 0 Å². The molecular weight excluding hydrogens is 182 g/mol. The van der Waals surface area contributed by atoms with E-state index in [0.717, 1.165) is 6.21 Å². The summed E-state index contributed by atoms with van der Waals surface area (Å²) in [7, 11) is 1.48. The van der Waals surface area contributed by atoms with Crippen LogP contribution in [-0.2, 0) is 0 Å². The Morgan fingerprint density at radius 1 is 1.57 bits per heavy atom. The van der Waals surface area contributed by atoms with Crippen LogP contribution in [0, 0.1) is 0 Å². The summed E-state index contributed by atoms with van der Waals surface area (Å²) in [5, 5.41) is 4.71. The molecular formula is C9H9N3O2. The number of carbonyl (C=O) groups excluding carboxylic acids is 1. The Balaban J connectivity index is 2.99. The zero-order chi connectivity index (χ0) is 10.4. The van der Waals surface area contributed by atoms with Gasteiger partial charge in [0.05, 0.1) is 12.7 Å². The van der Waals surface area contributed by atoms with Gasteiger partial charge in [0, 0.05) is 6.21 Å². The van der Waals surface area contributed by atoms with Crippen molar-refractivity contribution in [1.29, 1.82) is 0 Å². The van der Waals surface area contributed by atoms with Crippen LogP contribution in [0.1, 0.15) is 10.4 Å². The third kappa shape index (κ3) is 2.22. The number of benzene rings is 1. The van der Waals surface area contributed by atoms with Crippen molar-refractivity contribution in [3.8, 4) is 5.75 Å². The Kier molecular flexibility index (Phi) is 3.49. The molecule has 0 aliphatic carbocycles. The van der Waals surface area contributed by atoms with Crippen LogP contribution in [0.15, 0.2) is 29.4 Å². The third-order valence-corrected chi connectivity index (χ3v) is 1.61. The van der Waals surface area contributed by atoms with E-state index in [4.69, 9.17) is 10.3 Å². The van der Waals surface area contributed by atoms with Crippen molar-refractivity contribution in [2.75, 3.05) is 7.11 Å². The monoisotopic (exact) mass is 191 g/mol. The zero-order valence-electron chi connectivity index (χ0n) is 7.60. The number of hydrogen-bond donors (Lipinski definition) is 1. The van der Waals surface area contributed by atoms with E-state index >= 15 is 0 Å². The van der Waals surface area contributed by atoms with Crippen LogP contribution in [0.4, 0.5) is 0 Å². The number of hydrazone groups is 1. The van der Waals surface area contributed by atoms with Crippen LogP contribution in [0.5, 0.6) is 5.75 Å². The van der Waals surface area contributed by atoms with Crippen molar-refractivity contribution in [3.63, 3.8) is 0 Å². The maximum absolute atomic E-state index is 11.4. The highest BCUT2D eigenvalue weighted by molar-refractivity contribution is 6.35. The van der Waals surface area contributed by atoms with Crippen molar-refractivity contribution >= 4 is 12.0 Å². The van der Waals surface area contributed by atoms with Crippen molar-refractivity contribution < 1.29 is 14.8 Å². The van der Waals surface area contributed by atoms with Gasteiger partial charge in [-0.05, 0) is 12.1 Å². The average Bonchev–Trinajstić information content (AvgIpc) is 2.25. The molecule has 0 aliphatic heterocycles. The predicted octanol–water partition coefficient (Wildman–Crippen LogP) is -0.0341. The number of ketones is 1. The molecule has 0 saturated carbocycles. The normalized spacial score (nSPS) is 10.1. The summed E-state index contributed by atoms with van der Waals surface area (Å²) in [6, 6.07) is 6.77. The molecule has 1 rings (SSSR count). The number of ether oxygens (including phenoxy) is 1. The minimum Gasteiger partial charge on any atom is -0.496 e. The molecule has 0 atom stereocenters. The number of rotatable bonds is 4. The van der Waals surface area contributed by atoms with Gasteiger partial charge in [-0.2, -0.15) is 15.9 Å². The van der Waals surface area contributed by atoms with Crippen LogP contribution in [0.25, 0.3) is 5.53 Å². The minimum absolute atomic E-state index is 0.344. The average molecular weight is 191 g/mol. The fourth-order valence-electron chi connectivity index (χ4n) is 1.01. The number of nitrogens with one attached hydrogen (secondary N) is 1. The smallest absolute Gasteiger partial charge is 0.190 e. The fraction of sp³-hybridized carbons (Fsp3) is 0.111. The Hall–Kier alpha value is -2.04. The van der Waals surface area contributed by atoms with E-state index in [2.05, 4.69) is 5.10 Å². The summed E-state index contributed by atoms with van der Waals surface area (Å²) in [6.45, 7) is 0. The Morgan fingerprint density at radius 3 is 2.93 bits per heavy atom. The van der Waals surface area contributed by atoms with Crippen molar-refractivity contribution in [3.05, 3.63) is 35.4 Å². The number of carbonyl (C=O) groups is 1. The van der Waals surface area contributed by atoms with Gasteiger partial charge >= 0.3 is 0 Å². The third-order valence-electron chi connectivity index (χ3n) is 1.61. The minimum atomic E-state index is -0.344. The van der Waals surface area contributed by atoms with Gasteiger partial charge in [-0.3, -0.25) is 4.79 Å². The van der Waals surface area contributed by atoms with E-state index in [1.54, 1.807) is 24.3 Å². The van der Waals surface area contributed by atoms with Gasteiger partial charge in [0.1, 0.15) is 5.75 Å². The first-order valence-corrected chi connectivity index (χ1v) is 3.89. The molecule has 0 fully saturated rings. The molecule has 14 heavy (non-hydrogen) atoms. The maximum atomic E-state index is 11.4. The lowest BCUT2D eigenvalue weighted by molar-refractivity contribution is -0.485. The molecule has 72 valence electrons. The molecule has 0 saturated heterocycles. The van der Waals surface area contributed by atoms with E-state index in [-0.39, 0.29) is 5.78 Å². The van der Waals surface area contributed by atoms with Gasteiger partial charge in [0.15, 0.2) is 5.78 Å². The van der Waals surface area contributed by atoms with Crippen LogP contribution in [-0.4, -0.2) is 19.1 Å². The number of nitrogens with zero attached hydrogens (tertiary/aromatic N) is 2. The summed E-state index contributed by atoms with van der Waals surface area (Å²) >= 11 is 0. The molecule has 0 amide bonds. The Bertz CT molecular complexity index is 374. The number of methoxy groups -OCH3 is 1.